The molecule has 2 rings (SSSR count). The van der Waals surface area contributed by atoms with Crippen molar-refractivity contribution in [3.05, 3.63) is 53.2 Å². The molecule has 0 aliphatic heterocycles. The lowest BCUT2D eigenvalue weighted by molar-refractivity contribution is 0.438. The highest BCUT2D eigenvalue weighted by Crippen LogP contribution is 1.90. The van der Waals surface area contributed by atoms with Crippen LogP contribution in [0, 0.1) is 0 Å². The molecule has 1 N–H and O–H groups in total. The summed E-state index contributed by atoms with van der Waals surface area (Å²) in [7, 11) is 0. The van der Waals surface area contributed by atoms with Crippen LogP contribution in [0.2, 0.25) is 0 Å². The average molecular weight is 246 g/mol. The number of nitrogens with zero attached hydrogens (tertiary/aromatic N) is 3. The minimum Gasteiger partial charge on any atom is -0.314 e. The molecule has 0 amide bonds. The fourth-order valence-electron chi connectivity index (χ4n) is 1.83. The van der Waals surface area contributed by atoms with E-state index in [-0.39, 0.29) is 5.56 Å². The van der Waals surface area contributed by atoms with Crippen LogP contribution >= 0.6 is 0 Å². The summed E-state index contributed by atoms with van der Waals surface area (Å²) >= 11 is 0. The van der Waals surface area contributed by atoms with Gasteiger partial charge in [-0.05, 0) is 19.1 Å². The Kier molecular flexibility index (Phi) is 4.30. The minimum atomic E-state index is 0.0408. The van der Waals surface area contributed by atoms with E-state index in [1.54, 1.807) is 22.9 Å². The number of rotatable bonds is 6. The molecule has 0 aromatic carbocycles. The van der Waals surface area contributed by atoms with Gasteiger partial charge in [0.15, 0.2) is 0 Å². The number of hydrogen-bond donors (Lipinski definition) is 1. The van der Waals surface area contributed by atoms with Gasteiger partial charge in [-0.2, -0.15) is 5.10 Å². The molecule has 5 heteroatoms. The standard InChI is InChI=1S/C13H18N4O/c1-12(11-17-9-4-6-15-17)14-7-10-16-8-3-2-5-13(16)18/h2-6,8-9,12,14H,7,10-11H2,1H3. The first kappa shape index (κ1) is 12.6. The highest BCUT2D eigenvalue weighted by atomic mass is 16.1. The van der Waals surface area contributed by atoms with E-state index >= 15 is 0 Å². The molecule has 0 saturated heterocycles. The van der Waals surface area contributed by atoms with Crippen LogP contribution in [-0.4, -0.2) is 26.9 Å². The Morgan fingerprint density at radius 2 is 2.22 bits per heavy atom. The fourth-order valence-corrected chi connectivity index (χ4v) is 1.83. The monoisotopic (exact) mass is 246 g/mol. The second-order valence-corrected chi connectivity index (χ2v) is 4.32. The third-order valence-electron chi connectivity index (χ3n) is 2.76. The molecular weight excluding hydrogens is 228 g/mol. The Hall–Kier alpha value is -1.88. The lowest BCUT2D eigenvalue weighted by Crippen LogP contribution is -2.34. The predicted octanol–water partition coefficient (Wildman–Crippen LogP) is 0.723. The average Bonchev–Trinajstić information content (AvgIpc) is 2.84. The summed E-state index contributed by atoms with van der Waals surface area (Å²) in [6, 6.07) is 7.44. The molecule has 18 heavy (non-hydrogen) atoms. The summed E-state index contributed by atoms with van der Waals surface area (Å²) in [6.07, 6.45) is 5.53. The van der Waals surface area contributed by atoms with Crippen LogP contribution in [0.3, 0.4) is 0 Å². The maximum atomic E-state index is 11.5. The quantitative estimate of drug-likeness (QED) is 0.817. The maximum absolute atomic E-state index is 11.5. The van der Waals surface area contributed by atoms with Crippen LogP contribution in [0.4, 0.5) is 0 Å². The first-order chi connectivity index (χ1) is 8.75. The van der Waals surface area contributed by atoms with Gasteiger partial charge in [-0.15, -0.1) is 0 Å². The fraction of sp³-hybridized carbons (Fsp3) is 0.385. The molecule has 1 unspecified atom stereocenters. The van der Waals surface area contributed by atoms with Gasteiger partial charge >= 0.3 is 0 Å². The van der Waals surface area contributed by atoms with Crippen LogP contribution in [0.25, 0.3) is 0 Å². The maximum Gasteiger partial charge on any atom is 0.250 e. The van der Waals surface area contributed by atoms with E-state index in [1.807, 2.05) is 29.2 Å². The van der Waals surface area contributed by atoms with Gasteiger partial charge in [0.2, 0.25) is 0 Å². The molecule has 96 valence electrons. The van der Waals surface area contributed by atoms with Crippen LogP contribution in [0.15, 0.2) is 47.7 Å². The zero-order chi connectivity index (χ0) is 12.8. The first-order valence-electron chi connectivity index (χ1n) is 6.12. The molecule has 2 aromatic heterocycles. The molecule has 0 saturated carbocycles. The summed E-state index contributed by atoms with van der Waals surface area (Å²) in [4.78, 5) is 11.5. The molecule has 1 atom stereocenters. The number of hydrogen-bond acceptors (Lipinski definition) is 3. The zero-order valence-electron chi connectivity index (χ0n) is 10.5. The summed E-state index contributed by atoms with van der Waals surface area (Å²) in [6.45, 7) is 4.39. The van der Waals surface area contributed by atoms with E-state index < -0.39 is 0 Å². The van der Waals surface area contributed by atoms with Gasteiger partial charge in [0.1, 0.15) is 0 Å². The predicted molar refractivity (Wildman–Crippen MR) is 70.4 cm³/mol. The SMILES string of the molecule is CC(Cn1cccn1)NCCn1ccccc1=O. The normalized spacial score (nSPS) is 12.5. The van der Waals surface area contributed by atoms with Crippen molar-refractivity contribution in [2.75, 3.05) is 6.54 Å². The molecule has 2 heterocycles. The van der Waals surface area contributed by atoms with E-state index in [2.05, 4.69) is 17.3 Å². The van der Waals surface area contributed by atoms with Crippen molar-refractivity contribution >= 4 is 0 Å². The van der Waals surface area contributed by atoms with Gasteiger partial charge in [-0.3, -0.25) is 9.48 Å². The Morgan fingerprint density at radius 1 is 1.33 bits per heavy atom. The van der Waals surface area contributed by atoms with Crippen molar-refractivity contribution < 1.29 is 0 Å². The van der Waals surface area contributed by atoms with Gasteiger partial charge in [0.05, 0.1) is 6.54 Å². The molecule has 0 aliphatic rings. The Bertz CT molecular complexity index is 518. The molecule has 0 radical (unpaired) electrons. The lowest BCUT2D eigenvalue weighted by Gasteiger charge is -2.14. The van der Waals surface area contributed by atoms with Crippen LogP contribution in [0.5, 0.6) is 0 Å². The van der Waals surface area contributed by atoms with E-state index in [9.17, 15) is 4.79 Å². The highest BCUT2D eigenvalue weighted by Gasteiger charge is 2.02. The van der Waals surface area contributed by atoms with Crippen molar-refractivity contribution in [2.24, 2.45) is 0 Å². The summed E-state index contributed by atoms with van der Waals surface area (Å²) < 4.78 is 3.60. The van der Waals surface area contributed by atoms with Crippen molar-refractivity contribution in [2.45, 2.75) is 26.1 Å². The second-order valence-electron chi connectivity index (χ2n) is 4.32. The number of pyridine rings is 1. The lowest BCUT2D eigenvalue weighted by atomic mass is 10.3. The molecule has 0 aliphatic carbocycles. The largest absolute Gasteiger partial charge is 0.314 e. The van der Waals surface area contributed by atoms with Gasteiger partial charge < -0.3 is 9.88 Å². The van der Waals surface area contributed by atoms with Crippen molar-refractivity contribution in [3.8, 4) is 0 Å². The molecule has 0 fully saturated rings. The molecule has 2 aromatic rings. The third kappa shape index (κ3) is 3.56. The number of aromatic nitrogens is 3. The van der Waals surface area contributed by atoms with E-state index in [4.69, 9.17) is 0 Å². The van der Waals surface area contributed by atoms with Crippen LogP contribution < -0.4 is 10.9 Å². The van der Waals surface area contributed by atoms with Crippen molar-refractivity contribution in [3.63, 3.8) is 0 Å². The first-order valence-corrected chi connectivity index (χ1v) is 6.12. The van der Waals surface area contributed by atoms with Gasteiger partial charge in [-0.1, -0.05) is 6.07 Å². The van der Waals surface area contributed by atoms with E-state index in [1.165, 1.54) is 0 Å². The second kappa shape index (κ2) is 6.16. The van der Waals surface area contributed by atoms with E-state index in [0.29, 0.717) is 12.6 Å². The smallest absolute Gasteiger partial charge is 0.250 e. The van der Waals surface area contributed by atoms with E-state index in [0.717, 1.165) is 13.1 Å². The Morgan fingerprint density at radius 3 is 2.94 bits per heavy atom. The molecular formula is C13H18N4O. The van der Waals surface area contributed by atoms with Crippen molar-refractivity contribution in [1.29, 1.82) is 0 Å². The summed E-state index contributed by atoms with van der Waals surface area (Å²) in [5, 5.41) is 7.53. The Balaban J connectivity index is 1.75. The topological polar surface area (TPSA) is 51.9 Å². The molecule has 0 bridgehead atoms. The Labute approximate surface area is 106 Å². The van der Waals surface area contributed by atoms with Crippen molar-refractivity contribution in [1.82, 2.24) is 19.7 Å². The summed E-state index contributed by atoms with van der Waals surface area (Å²) in [5.74, 6) is 0. The van der Waals surface area contributed by atoms with Gasteiger partial charge in [0, 0.05) is 43.8 Å². The van der Waals surface area contributed by atoms with Crippen LogP contribution in [-0.2, 0) is 13.1 Å². The zero-order valence-corrected chi connectivity index (χ0v) is 10.5. The van der Waals surface area contributed by atoms with Crippen LogP contribution in [0.1, 0.15) is 6.92 Å². The number of nitrogens with one attached hydrogen (secondary N) is 1. The third-order valence-corrected chi connectivity index (χ3v) is 2.76. The van der Waals surface area contributed by atoms with Gasteiger partial charge in [0.25, 0.3) is 5.56 Å². The highest BCUT2D eigenvalue weighted by molar-refractivity contribution is 4.93. The summed E-state index contributed by atoms with van der Waals surface area (Å²) in [5.41, 5.74) is 0.0408. The molecule has 0 spiro atoms. The molecule has 5 nitrogen and oxygen atoms in total. The van der Waals surface area contributed by atoms with Gasteiger partial charge in [-0.25, -0.2) is 0 Å². The minimum absolute atomic E-state index is 0.0408.